The van der Waals surface area contributed by atoms with Crippen molar-refractivity contribution >= 4 is 35.0 Å². The molecule has 2 amide bonds. The van der Waals surface area contributed by atoms with Crippen molar-refractivity contribution in [2.24, 2.45) is 5.92 Å². The Kier molecular flexibility index (Phi) is 9.47. The van der Waals surface area contributed by atoms with Gasteiger partial charge in [0.1, 0.15) is 11.8 Å². The summed E-state index contributed by atoms with van der Waals surface area (Å²) in [6.07, 6.45) is 0.490. The van der Waals surface area contributed by atoms with Gasteiger partial charge in [0.15, 0.2) is 6.61 Å². The number of halogens is 2. The molecule has 2 aromatic rings. The minimum Gasteiger partial charge on any atom is -0.482 e. The van der Waals surface area contributed by atoms with Gasteiger partial charge in [0.2, 0.25) is 5.91 Å². The van der Waals surface area contributed by atoms with Gasteiger partial charge in [-0.3, -0.25) is 9.59 Å². The van der Waals surface area contributed by atoms with E-state index in [1.165, 1.54) is 0 Å². The van der Waals surface area contributed by atoms with Crippen LogP contribution in [0.4, 0.5) is 0 Å². The Hall–Kier alpha value is -2.24. The second-order valence-corrected chi connectivity index (χ2v) is 8.28. The molecule has 1 N–H and O–H groups in total. The summed E-state index contributed by atoms with van der Waals surface area (Å²) < 4.78 is 5.63. The zero-order chi connectivity index (χ0) is 22.1. The van der Waals surface area contributed by atoms with E-state index in [1.54, 1.807) is 23.1 Å². The highest BCUT2D eigenvalue weighted by atomic mass is 35.5. The first-order valence-electron chi connectivity index (χ1n) is 10.0. The number of hydrogen-bond donors (Lipinski definition) is 1. The van der Waals surface area contributed by atoms with E-state index in [4.69, 9.17) is 27.9 Å². The predicted molar refractivity (Wildman–Crippen MR) is 121 cm³/mol. The lowest BCUT2D eigenvalue weighted by Gasteiger charge is -2.30. The molecule has 1 atom stereocenters. The van der Waals surface area contributed by atoms with Gasteiger partial charge in [0.05, 0.1) is 5.02 Å². The van der Waals surface area contributed by atoms with E-state index in [9.17, 15) is 9.59 Å². The van der Waals surface area contributed by atoms with Crippen LogP contribution in [0.15, 0.2) is 48.5 Å². The monoisotopic (exact) mass is 450 g/mol. The van der Waals surface area contributed by atoms with Gasteiger partial charge in [0.25, 0.3) is 5.91 Å². The van der Waals surface area contributed by atoms with Gasteiger partial charge in [-0.25, -0.2) is 0 Å². The summed E-state index contributed by atoms with van der Waals surface area (Å²) in [6, 6.07) is 13.8. The van der Waals surface area contributed by atoms with Crippen LogP contribution in [0.3, 0.4) is 0 Å². The van der Waals surface area contributed by atoms with Crippen molar-refractivity contribution in [3.8, 4) is 5.75 Å². The number of nitrogens with one attached hydrogen (secondary N) is 1. The largest absolute Gasteiger partial charge is 0.482 e. The van der Waals surface area contributed by atoms with Crippen molar-refractivity contribution in [2.45, 2.75) is 39.8 Å². The summed E-state index contributed by atoms with van der Waals surface area (Å²) in [6.45, 7) is 6.57. The normalized spacial score (nSPS) is 11.8. The topological polar surface area (TPSA) is 58.6 Å². The van der Waals surface area contributed by atoms with Crippen LogP contribution in [-0.2, 0) is 16.1 Å². The van der Waals surface area contributed by atoms with E-state index >= 15 is 0 Å². The highest BCUT2D eigenvalue weighted by Crippen LogP contribution is 2.27. The maximum atomic E-state index is 13.1. The van der Waals surface area contributed by atoms with Gasteiger partial charge >= 0.3 is 0 Å². The molecule has 5 nitrogen and oxygen atoms in total. The molecular formula is C23H28Cl2N2O3. The number of amides is 2. The first kappa shape index (κ1) is 24.0. The standard InChI is InChI=1S/C23H28Cl2N2O3/c1-4-20(23(29)26-13-16(2)3)27(14-17-8-6-5-7-9-17)22(28)15-30-21-11-10-18(24)12-19(21)25/h5-12,16,20H,4,13-15H2,1-3H3,(H,26,29)/t20-/m1/s1. The van der Waals surface area contributed by atoms with E-state index < -0.39 is 6.04 Å². The van der Waals surface area contributed by atoms with Crippen LogP contribution >= 0.6 is 23.2 Å². The number of hydrogen-bond acceptors (Lipinski definition) is 3. The second-order valence-electron chi connectivity index (χ2n) is 7.43. The van der Waals surface area contributed by atoms with Crippen LogP contribution in [-0.4, -0.2) is 35.9 Å². The van der Waals surface area contributed by atoms with E-state index in [-0.39, 0.29) is 18.4 Å². The number of ether oxygens (including phenoxy) is 1. The maximum absolute atomic E-state index is 13.1. The van der Waals surface area contributed by atoms with Gasteiger partial charge in [-0.05, 0) is 36.1 Å². The molecule has 0 aliphatic rings. The molecule has 2 rings (SSSR count). The fourth-order valence-corrected chi connectivity index (χ4v) is 3.40. The third-order valence-electron chi connectivity index (χ3n) is 4.51. The third kappa shape index (κ3) is 7.22. The molecule has 162 valence electrons. The molecule has 2 aromatic carbocycles. The van der Waals surface area contributed by atoms with Gasteiger partial charge in [0, 0.05) is 18.1 Å². The second kappa shape index (κ2) is 11.8. The summed E-state index contributed by atoms with van der Waals surface area (Å²) in [5.41, 5.74) is 0.936. The quantitative estimate of drug-likeness (QED) is 0.556. The lowest BCUT2D eigenvalue weighted by atomic mass is 10.1. The molecule has 7 heteroatoms. The van der Waals surface area contributed by atoms with Crippen molar-refractivity contribution in [3.05, 3.63) is 64.1 Å². The average molecular weight is 451 g/mol. The summed E-state index contributed by atoms with van der Waals surface area (Å²) in [4.78, 5) is 27.5. The Balaban J connectivity index is 2.18. The molecule has 0 aromatic heterocycles. The first-order valence-corrected chi connectivity index (χ1v) is 10.8. The van der Waals surface area contributed by atoms with Gasteiger partial charge in [-0.2, -0.15) is 0 Å². The Bertz CT molecular complexity index is 844. The zero-order valence-electron chi connectivity index (χ0n) is 17.5. The van der Waals surface area contributed by atoms with Gasteiger partial charge in [-0.1, -0.05) is 74.3 Å². The van der Waals surface area contributed by atoms with Crippen molar-refractivity contribution in [1.82, 2.24) is 10.2 Å². The fraction of sp³-hybridized carbons (Fsp3) is 0.391. The molecule has 0 bridgehead atoms. The van der Waals surface area contributed by atoms with Crippen LogP contribution in [0.2, 0.25) is 10.0 Å². The maximum Gasteiger partial charge on any atom is 0.261 e. The molecule has 0 fully saturated rings. The minimum atomic E-state index is -0.597. The van der Waals surface area contributed by atoms with Crippen LogP contribution < -0.4 is 10.1 Å². The summed E-state index contributed by atoms with van der Waals surface area (Å²) >= 11 is 12.0. The van der Waals surface area contributed by atoms with E-state index in [2.05, 4.69) is 5.32 Å². The molecule has 0 radical (unpaired) electrons. The number of benzene rings is 2. The lowest BCUT2D eigenvalue weighted by molar-refractivity contribution is -0.143. The van der Waals surface area contributed by atoms with Crippen LogP contribution in [0, 0.1) is 5.92 Å². The fourth-order valence-electron chi connectivity index (χ4n) is 2.94. The van der Waals surface area contributed by atoms with Crippen molar-refractivity contribution in [3.63, 3.8) is 0 Å². The SMILES string of the molecule is CC[C@H](C(=O)NCC(C)C)N(Cc1ccccc1)C(=O)COc1ccc(Cl)cc1Cl. The molecule has 0 aliphatic carbocycles. The van der Waals surface area contributed by atoms with Crippen molar-refractivity contribution < 1.29 is 14.3 Å². The van der Waals surface area contributed by atoms with Crippen LogP contribution in [0.5, 0.6) is 5.75 Å². The molecule has 0 unspecified atom stereocenters. The van der Waals surface area contributed by atoms with E-state index in [0.717, 1.165) is 5.56 Å². The van der Waals surface area contributed by atoms with Gasteiger partial charge < -0.3 is 15.0 Å². The molecule has 0 saturated carbocycles. The summed E-state index contributed by atoms with van der Waals surface area (Å²) in [7, 11) is 0. The number of carbonyl (C=O) groups is 2. The lowest BCUT2D eigenvalue weighted by Crippen LogP contribution is -2.50. The summed E-state index contributed by atoms with van der Waals surface area (Å²) in [5, 5.41) is 3.74. The Morgan fingerprint density at radius 2 is 1.80 bits per heavy atom. The van der Waals surface area contributed by atoms with Crippen LogP contribution in [0.1, 0.15) is 32.8 Å². The average Bonchev–Trinajstić information content (AvgIpc) is 2.72. The third-order valence-corrected chi connectivity index (χ3v) is 5.04. The molecule has 0 aliphatic heterocycles. The Morgan fingerprint density at radius 3 is 2.40 bits per heavy atom. The van der Waals surface area contributed by atoms with Gasteiger partial charge in [-0.15, -0.1) is 0 Å². The highest BCUT2D eigenvalue weighted by molar-refractivity contribution is 6.35. The Labute approximate surface area is 188 Å². The molecule has 30 heavy (non-hydrogen) atoms. The van der Waals surface area contributed by atoms with E-state index in [0.29, 0.717) is 41.2 Å². The molecule has 0 saturated heterocycles. The van der Waals surface area contributed by atoms with E-state index in [1.807, 2.05) is 51.1 Å². The first-order chi connectivity index (χ1) is 14.3. The Morgan fingerprint density at radius 1 is 1.10 bits per heavy atom. The van der Waals surface area contributed by atoms with Crippen LogP contribution in [0.25, 0.3) is 0 Å². The summed E-state index contributed by atoms with van der Waals surface area (Å²) in [5.74, 6) is 0.225. The molecule has 0 spiro atoms. The smallest absolute Gasteiger partial charge is 0.261 e. The minimum absolute atomic E-state index is 0.167. The van der Waals surface area contributed by atoms with Crippen molar-refractivity contribution in [1.29, 1.82) is 0 Å². The molecular weight excluding hydrogens is 423 g/mol. The number of rotatable bonds is 10. The highest BCUT2D eigenvalue weighted by Gasteiger charge is 2.29. The predicted octanol–water partition coefficient (Wildman–Crippen LogP) is 4.95. The number of nitrogens with zero attached hydrogens (tertiary/aromatic N) is 1. The molecule has 0 heterocycles. The zero-order valence-corrected chi connectivity index (χ0v) is 19.0. The van der Waals surface area contributed by atoms with Crippen molar-refractivity contribution in [2.75, 3.05) is 13.2 Å². The number of carbonyl (C=O) groups excluding carboxylic acids is 2.